The molecule has 0 spiro atoms. The molecule has 0 aliphatic rings. The van der Waals surface area contributed by atoms with Gasteiger partial charge >= 0.3 is 5.69 Å². The van der Waals surface area contributed by atoms with E-state index in [2.05, 4.69) is 9.97 Å². The Morgan fingerprint density at radius 3 is 2.37 bits per heavy atom. The molecule has 2 aromatic heterocycles. The van der Waals surface area contributed by atoms with Crippen LogP contribution in [0.25, 0.3) is 11.0 Å². The second-order valence-electron chi connectivity index (χ2n) is 4.14. The average Bonchev–Trinajstić information content (AvgIpc) is 2.42. The van der Waals surface area contributed by atoms with Crippen molar-refractivity contribution in [2.45, 2.75) is 25.3 Å². The largest absolute Gasteiger partial charge is 0.332 e. The molecule has 0 aliphatic heterocycles. The van der Waals surface area contributed by atoms with Crippen LogP contribution >= 0.6 is 11.8 Å². The Bertz CT molecular complexity index is 748. The van der Waals surface area contributed by atoms with Crippen LogP contribution in [-0.2, 0) is 20.5 Å². The molecule has 0 bridgehead atoms. The molecule has 0 amide bonds. The predicted octanol–water partition coefficient (Wildman–Crippen LogP) is 0.702. The van der Waals surface area contributed by atoms with Gasteiger partial charge in [-0.15, -0.1) is 11.8 Å². The summed E-state index contributed by atoms with van der Waals surface area (Å²) in [5.41, 5.74) is -0.293. The Hall–Kier alpha value is -1.63. The van der Waals surface area contributed by atoms with Crippen LogP contribution in [0.4, 0.5) is 0 Å². The molecular formula is C12H16N4O2S. The summed E-state index contributed by atoms with van der Waals surface area (Å²) in [6, 6.07) is 0. The fourth-order valence-corrected chi connectivity index (χ4v) is 2.64. The molecule has 102 valence electrons. The highest BCUT2D eigenvalue weighted by Crippen LogP contribution is 2.21. The SMILES string of the molecule is CCSc1nc(CC)nc2c1c(=O)n(C)c(=O)n2C. The molecule has 2 rings (SSSR count). The topological polar surface area (TPSA) is 69.8 Å². The van der Waals surface area contributed by atoms with Gasteiger partial charge in [-0.3, -0.25) is 13.9 Å². The first-order valence-corrected chi connectivity index (χ1v) is 7.09. The minimum absolute atomic E-state index is 0.336. The van der Waals surface area contributed by atoms with Crippen LogP contribution in [0.15, 0.2) is 14.6 Å². The van der Waals surface area contributed by atoms with Gasteiger partial charge < -0.3 is 0 Å². The zero-order valence-electron chi connectivity index (χ0n) is 11.4. The van der Waals surface area contributed by atoms with Gasteiger partial charge in [0.05, 0.1) is 0 Å². The summed E-state index contributed by atoms with van der Waals surface area (Å²) in [4.78, 5) is 32.9. The Morgan fingerprint density at radius 1 is 1.11 bits per heavy atom. The number of aromatic nitrogens is 4. The lowest BCUT2D eigenvalue weighted by Crippen LogP contribution is -2.37. The van der Waals surface area contributed by atoms with Crippen molar-refractivity contribution in [3.05, 3.63) is 26.7 Å². The lowest BCUT2D eigenvalue weighted by atomic mass is 10.3. The second kappa shape index (κ2) is 5.16. The summed E-state index contributed by atoms with van der Waals surface area (Å²) >= 11 is 1.49. The number of thioether (sulfide) groups is 1. The molecular weight excluding hydrogens is 264 g/mol. The molecule has 0 fully saturated rings. The minimum atomic E-state index is -0.370. The van der Waals surface area contributed by atoms with Gasteiger partial charge in [0.2, 0.25) is 0 Å². The predicted molar refractivity (Wildman–Crippen MR) is 75.8 cm³/mol. The number of hydrogen-bond acceptors (Lipinski definition) is 5. The smallest absolute Gasteiger partial charge is 0.280 e. The van der Waals surface area contributed by atoms with E-state index >= 15 is 0 Å². The fraction of sp³-hybridized carbons (Fsp3) is 0.500. The highest BCUT2D eigenvalue weighted by atomic mass is 32.2. The Morgan fingerprint density at radius 2 is 1.79 bits per heavy atom. The van der Waals surface area contributed by atoms with E-state index in [1.54, 1.807) is 7.05 Å². The summed E-state index contributed by atoms with van der Waals surface area (Å²) in [6.07, 6.45) is 0.663. The molecule has 0 saturated carbocycles. The van der Waals surface area contributed by atoms with E-state index in [9.17, 15) is 9.59 Å². The summed E-state index contributed by atoms with van der Waals surface area (Å²) in [5.74, 6) is 1.45. The second-order valence-corrected chi connectivity index (χ2v) is 5.39. The monoisotopic (exact) mass is 280 g/mol. The highest BCUT2D eigenvalue weighted by Gasteiger charge is 2.16. The molecule has 0 aromatic carbocycles. The minimum Gasteiger partial charge on any atom is -0.280 e. The lowest BCUT2D eigenvalue weighted by molar-refractivity contribution is 0.698. The molecule has 0 aliphatic carbocycles. The fourth-order valence-electron chi connectivity index (χ4n) is 1.87. The third-order valence-electron chi connectivity index (χ3n) is 2.91. The van der Waals surface area contributed by atoms with Crippen LogP contribution in [0.1, 0.15) is 19.7 Å². The molecule has 0 radical (unpaired) electrons. The normalized spacial score (nSPS) is 11.2. The third kappa shape index (κ3) is 2.18. The quantitative estimate of drug-likeness (QED) is 0.611. The van der Waals surface area contributed by atoms with Crippen molar-refractivity contribution in [2.75, 3.05) is 5.75 Å². The van der Waals surface area contributed by atoms with Crippen molar-refractivity contribution in [1.82, 2.24) is 19.1 Å². The van der Waals surface area contributed by atoms with Gasteiger partial charge in [-0.25, -0.2) is 14.8 Å². The van der Waals surface area contributed by atoms with Gasteiger partial charge in [0.25, 0.3) is 5.56 Å². The number of nitrogens with zero attached hydrogens (tertiary/aromatic N) is 4. The van der Waals surface area contributed by atoms with E-state index in [0.29, 0.717) is 28.3 Å². The van der Waals surface area contributed by atoms with Crippen LogP contribution in [0, 0.1) is 0 Å². The van der Waals surface area contributed by atoms with Crippen molar-refractivity contribution < 1.29 is 0 Å². The number of rotatable bonds is 3. The molecule has 0 unspecified atom stereocenters. The van der Waals surface area contributed by atoms with Gasteiger partial charge in [0, 0.05) is 20.5 Å². The van der Waals surface area contributed by atoms with Crippen molar-refractivity contribution in [3.8, 4) is 0 Å². The van der Waals surface area contributed by atoms with Crippen molar-refractivity contribution in [3.63, 3.8) is 0 Å². The van der Waals surface area contributed by atoms with Crippen molar-refractivity contribution in [2.24, 2.45) is 14.1 Å². The lowest BCUT2D eigenvalue weighted by Gasteiger charge is -2.10. The maximum absolute atomic E-state index is 12.3. The van der Waals surface area contributed by atoms with Gasteiger partial charge in [-0.1, -0.05) is 13.8 Å². The molecule has 19 heavy (non-hydrogen) atoms. The molecule has 0 N–H and O–H groups in total. The first kappa shape index (κ1) is 13.8. The van der Waals surface area contributed by atoms with Crippen LogP contribution in [0.3, 0.4) is 0 Å². The van der Waals surface area contributed by atoms with Crippen LogP contribution in [0.2, 0.25) is 0 Å². The average molecular weight is 280 g/mol. The third-order valence-corrected chi connectivity index (χ3v) is 3.77. The van der Waals surface area contributed by atoms with Crippen LogP contribution in [0.5, 0.6) is 0 Å². The molecule has 2 heterocycles. The standard InChI is InChI=1S/C12H16N4O2S/c1-5-7-13-9-8(10(14-7)19-6-2)11(17)16(4)12(18)15(9)3/h5-6H2,1-4H3. The Kier molecular flexibility index (Phi) is 3.75. The Balaban J connectivity index is 3.02. The van der Waals surface area contributed by atoms with Gasteiger partial charge in [0.15, 0.2) is 5.65 Å². The van der Waals surface area contributed by atoms with E-state index in [1.807, 2.05) is 13.8 Å². The summed E-state index contributed by atoms with van der Waals surface area (Å²) in [7, 11) is 3.09. The zero-order chi connectivity index (χ0) is 14.2. The van der Waals surface area contributed by atoms with E-state index in [-0.39, 0.29) is 11.2 Å². The van der Waals surface area contributed by atoms with Crippen molar-refractivity contribution in [1.29, 1.82) is 0 Å². The first-order chi connectivity index (χ1) is 9.01. The summed E-state index contributed by atoms with van der Waals surface area (Å²) in [5, 5.41) is 1.08. The summed E-state index contributed by atoms with van der Waals surface area (Å²) in [6.45, 7) is 3.94. The van der Waals surface area contributed by atoms with Gasteiger partial charge in [-0.05, 0) is 5.75 Å². The van der Waals surface area contributed by atoms with Crippen molar-refractivity contribution >= 4 is 22.8 Å². The van der Waals surface area contributed by atoms with Gasteiger partial charge in [0.1, 0.15) is 16.2 Å². The molecule has 0 saturated heterocycles. The van der Waals surface area contributed by atoms with E-state index in [1.165, 1.54) is 23.4 Å². The molecule has 6 nitrogen and oxygen atoms in total. The van der Waals surface area contributed by atoms with E-state index in [4.69, 9.17) is 0 Å². The van der Waals surface area contributed by atoms with E-state index in [0.717, 1.165) is 10.3 Å². The highest BCUT2D eigenvalue weighted by molar-refractivity contribution is 7.99. The van der Waals surface area contributed by atoms with E-state index < -0.39 is 0 Å². The maximum Gasteiger partial charge on any atom is 0.332 e. The molecule has 7 heteroatoms. The Labute approximate surface area is 114 Å². The van der Waals surface area contributed by atoms with Crippen LogP contribution in [-0.4, -0.2) is 24.9 Å². The number of hydrogen-bond donors (Lipinski definition) is 0. The molecule has 0 atom stereocenters. The van der Waals surface area contributed by atoms with Crippen LogP contribution < -0.4 is 11.2 Å². The summed E-state index contributed by atoms with van der Waals surface area (Å²) < 4.78 is 2.49. The molecule has 2 aromatic rings. The van der Waals surface area contributed by atoms with Gasteiger partial charge in [-0.2, -0.15) is 0 Å². The first-order valence-electron chi connectivity index (χ1n) is 6.10. The number of fused-ring (bicyclic) bond motifs is 1. The maximum atomic E-state index is 12.3. The zero-order valence-corrected chi connectivity index (χ0v) is 12.2. The number of aryl methyl sites for hydroxylation is 2.